The van der Waals surface area contributed by atoms with Crippen LogP contribution < -0.4 is 0 Å². The minimum atomic E-state index is -0.345. The minimum Gasteiger partial charge on any atom is -0.351 e. The molecule has 0 unspecified atom stereocenters. The number of nitrogens with zero attached hydrogens (tertiary/aromatic N) is 2. The van der Waals surface area contributed by atoms with Gasteiger partial charge in [0.1, 0.15) is 0 Å². The number of methoxy groups -OCH3 is 2. The molecule has 0 N–H and O–H groups in total. The molecular formula is C6H14N2O2. The lowest BCUT2D eigenvalue weighted by molar-refractivity contribution is -0.0491. The van der Waals surface area contributed by atoms with Gasteiger partial charge in [0, 0.05) is 28.3 Å². The third-order valence-corrected chi connectivity index (χ3v) is 0.884. The summed E-state index contributed by atoms with van der Waals surface area (Å²) in [6, 6.07) is 0. The first-order valence-electron chi connectivity index (χ1n) is 2.97. The van der Waals surface area contributed by atoms with Crippen LogP contribution in [0.5, 0.6) is 0 Å². The summed E-state index contributed by atoms with van der Waals surface area (Å²) in [7, 11) is 6.80. The summed E-state index contributed by atoms with van der Waals surface area (Å²) in [5.74, 6) is 0. The zero-order valence-electron chi connectivity index (χ0n) is 6.87. The smallest absolute Gasteiger partial charge is 0.195 e. The fourth-order valence-corrected chi connectivity index (χ4v) is 0.406. The Morgan fingerprint density at radius 2 is 1.80 bits per heavy atom. The van der Waals surface area contributed by atoms with Gasteiger partial charge in [-0.2, -0.15) is 5.10 Å². The van der Waals surface area contributed by atoms with Gasteiger partial charge in [0.05, 0.1) is 6.21 Å². The zero-order valence-corrected chi connectivity index (χ0v) is 6.87. The van der Waals surface area contributed by atoms with E-state index in [0.29, 0.717) is 0 Å². The van der Waals surface area contributed by atoms with Crippen molar-refractivity contribution in [3.05, 3.63) is 0 Å². The summed E-state index contributed by atoms with van der Waals surface area (Å²) >= 11 is 0. The molecule has 60 valence electrons. The van der Waals surface area contributed by atoms with E-state index in [0.717, 1.165) is 0 Å². The van der Waals surface area contributed by atoms with Crippen molar-refractivity contribution < 1.29 is 9.47 Å². The molecule has 0 rings (SSSR count). The summed E-state index contributed by atoms with van der Waals surface area (Å²) in [4.78, 5) is 0. The van der Waals surface area contributed by atoms with Crippen molar-refractivity contribution in [1.29, 1.82) is 0 Å². The molecule has 0 aromatic carbocycles. The van der Waals surface area contributed by atoms with Crippen LogP contribution in [-0.4, -0.2) is 45.8 Å². The quantitative estimate of drug-likeness (QED) is 0.322. The Kier molecular flexibility index (Phi) is 4.88. The fraction of sp³-hybridized carbons (Fsp3) is 0.833. The van der Waals surface area contributed by atoms with E-state index in [4.69, 9.17) is 9.47 Å². The Morgan fingerprint density at radius 1 is 1.30 bits per heavy atom. The molecule has 0 aromatic heterocycles. The molecule has 0 fully saturated rings. The number of rotatable bonds is 4. The molecule has 10 heavy (non-hydrogen) atoms. The molecule has 0 saturated heterocycles. The maximum atomic E-state index is 4.85. The van der Waals surface area contributed by atoms with Crippen LogP contribution in [0.15, 0.2) is 5.10 Å². The molecule has 0 amide bonds. The number of ether oxygens (including phenoxy) is 2. The molecule has 4 heteroatoms. The molecular weight excluding hydrogens is 132 g/mol. The van der Waals surface area contributed by atoms with E-state index in [1.165, 1.54) is 0 Å². The molecule has 0 aliphatic carbocycles. The molecule has 0 spiro atoms. The highest BCUT2D eigenvalue weighted by atomic mass is 16.7. The van der Waals surface area contributed by atoms with Gasteiger partial charge in [-0.1, -0.05) is 0 Å². The SMILES string of the molecule is COC(/C=N/N(C)C)OC. The van der Waals surface area contributed by atoms with Crippen LogP contribution in [0.4, 0.5) is 0 Å². The van der Waals surface area contributed by atoms with Crippen LogP contribution in [-0.2, 0) is 9.47 Å². The van der Waals surface area contributed by atoms with Gasteiger partial charge < -0.3 is 14.5 Å². The lowest BCUT2D eigenvalue weighted by atomic mass is 10.7. The van der Waals surface area contributed by atoms with Gasteiger partial charge in [-0.05, 0) is 0 Å². The van der Waals surface area contributed by atoms with Crippen LogP contribution in [0.2, 0.25) is 0 Å². The summed E-state index contributed by atoms with van der Waals surface area (Å²) in [6.45, 7) is 0. The van der Waals surface area contributed by atoms with E-state index in [1.807, 2.05) is 14.1 Å². The maximum Gasteiger partial charge on any atom is 0.195 e. The zero-order chi connectivity index (χ0) is 7.98. The van der Waals surface area contributed by atoms with Crippen molar-refractivity contribution in [2.75, 3.05) is 28.3 Å². The maximum absolute atomic E-state index is 4.85. The molecule has 0 bridgehead atoms. The number of hydrazone groups is 1. The average Bonchev–Trinajstić information content (AvgIpc) is 1.90. The Bertz CT molecular complexity index is 99.9. The minimum absolute atomic E-state index is 0.345. The second kappa shape index (κ2) is 5.20. The van der Waals surface area contributed by atoms with E-state index in [1.54, 1.807) is 25.4 Å². The largest absolute Gasteiger partial charge is 0.351 e. The monoisotopic (exact) mass is 146 g/mol. The lowest BCUT2D eigenvalue weighted by Crippen LogP contribution is -2.16. The van der Waals surface area contributed by atoms with Crippen LogP contribution in [0.3, 0.4) is 0 Å². The van der Waals surface area contributed by atoms with E-state index in [9.17, 15) is 0 Å². The third-order valence-electron chi connectivity index (χ3n) is 0.884. The topological polar surface area (TPSA) is 34.1 Å². The van der Waals surface area contributed by atoms with Crippen molar-refractivity contribution in [3.8, 4) is 0 Å². The molecule has 0 atom stereocenters. The van der Waals surface area contributed by atoms with Gasteiger partial charge in [-0.3, -0.25) is 0 Å². The second-order valence-electron chi connectivity index (χ2n) is 1.95. The number of hydrogen-bond acceptors (Lipinski definition) is 4. The van der Waals surface area contributed by atoms with Crippen molar-refractivity contribution in [2.24, 2.45) is 5.10 Å². The highest BCUT2D eigenvalue weighted by Crippen LogP contribution is 1.85. The van der Waals surface area contributed by atoms with E-state index >= 15 is 0 Å². The Hall–Kier alpha value is -0.610. The van der Waals surface area contributed by atoms with Gasteiger partial charge >= 0.3 is 0 Å². The van der Waals surface area contributed by atoms with Crippen LogP contribution in [0.25, 0.3) is 0 Å². The standard InChI is InChI=1S/C6H14N2O2/c1-8(2)7-5-6(9-3)10-4/h5-6H,1-4H3/b7-5+. The Labute approximate surface area is 61.4 Å². The average molecular weight is 146 g/mol. The first kappa shape index (κ1) is 9.39. The van der Waals surface area contributed by atoms with Gasteiger partial charge in [-0.25, -0.2) is 0 Å². The molecule has 0 saturated carbocycles. The van der Waals surface area contributed by atoms with E-state index < -0.39 is 0 Å². The lowest BCUT2D eigenvalue weighted by Gasteiger charge is -2.08. The molecule has 0 aliphatic rings. The van der Waals surface area contributed by atoms with E-state index in [-0.39, 0.29) is 6.29 Å². The molecule has 0 heterocycles. The predicted molar refractivity (Wildman–Crippen MR) is 40.0 cm³/mol. The fourth-order valence-electron chi connectivity index (χ4n) is 0.406. The summed E-state index contributed by atoms with van der Waals surface area (Å²) < 4.78 is 9.70. The molecule has 0 aromatic rings. The highest BCUT2D eigenvalue weighted by Gasteiger charge is 1.97. The van der Waals surface area contributed by atoms with Crippen molar-refractivity contribution in [2.45, 2.75) is 6.29 Å². The number of hydrogen-bond donors (Lipinski definition) is 0. The Balaban J connectivity index is 3.61. The van der Waals surface area contributed by atoms with Crippen molar-refractivity contribution in [1.82, 2.24) is 5.01 Å². The summed E-state index contributed by atoms with van der Waals surface area (Å²) in [5, 5.41) is 5.60. The predicted octanol–water partition coefficient (Wildman–Crippen LogP) is 0.153. The summed E-state index contributed by atoms with van der Waals surface area (Å²) in [5.41, 5.74) is 0. The van der Waals surface area contributed by atoms with Gasteiger partial charge in [0.2, 0.25) is 0 Å². The highest BCUT2D eigenvalue weighted by molar-refractivity contribution is 5.60. The van der Waals surface area contributed by atoms with Crippen LogP contribution in [0, 0.1) is 0 Å². The molecule has 0 radical (unpaired) electrons. The van der Waals surface area contributed by atoms with Gasteiger partial charge in [-0.15, -0.1) is 0 Å². The first-order valence-corrected chi connectivity index (χ1v) is 2.97. The Morgan fingerprint density at radius 3 is 2.10 bits per heavy atom. The van der Waals surface area contributed by atoms with Crippen LogP contribution in [0.1, 0.15) is 0 Å². The molecule has 0 aliphatic heterocycles. The van der Waals surface area contributed by atoms with E-state index in [2.05, 4.69) is 5.10 Å². The first-order chi connectivity index (χ1) is 4.70. The van der Waals surface area contributed by atoms with Gasteiger partial charge in [0.25, 0.3) is 0 Å². The summed E-state index contributed by atoms with van der Waals surface area (Å²) in [6.07, 6.45) is 1.24. The van der Waals surface area contributed by atoms with Gasteiger partial charge in [0.15, 0.2) is 6.29 Å². The second-order valence-corrected chi connectivity index (χ2v) is 1.95. The molecule has 4 nitrogen and oxygen atoms in total. The van der Waals surface area contributed by atoms with Crippen molar-refractivity contribution >= 4 is 6.21 Å². The normalized spacial score (nSPS) is 11.3. The van der Waals surface area contributed by atoms with Crippen molar-refractivity contribution in [3.63, 3.8) is 0 Å². The third kappa shape index (κ3) is 4.29. The van der Waals surface area contributed by atoms with Crippen LogP contribution >= 0.6 is 0 Å².